The van der Waals surface area contributed by atoms with Crippen LogP contribution in [0.15, 0.2) is 212 Å². The van der Waals surface area contributed by atoms with Gasteiger partial charge in [0.05, 0.1) is 22.1 Å². The van der Waals surface area contributed by atoms with Gasteiger partial charge in [0.1, 0.15) is 0 Å². The van der Waals surface area contributed by atoms with Crippen LogP contribution >= 0.6 is 0 Å². The minimum absolute atomic E-state index is 0.627. The van der Waals surface area contributed by atoms with Gasteiger partial charge in [0.25, 0.3) is 0 Å². The molecule has 0 N–H and O–H groups in total. The van der Waals surface area contributed by atoms with Gasteiger partial charge in [-0.2, -0.15) is 0 Å². The van der Waals surface area contributed by atoms with Gasteiger partial charge < -0.3 is 9.13 Å². The fraction of sp³-hybridized carbons (Fsp3) is 0. The first-order chi connectivity index (χ1) is 30.7. The molecule has 0 bridgehead atoms. The van der Waals surface area contributed by atoms with Gasteiger partial charge in [-0.05, 0) is 69.4 Å². The lowest BCUT2D eigenvalue weighted by Crippen LogP contribution is -2.02. The summed E-state index contributed by atoms with van der Waals surface area (Å²) in [5.41, 5.74) is 9.61. The maximum absolute atomic E-state index is 5.22. The van der Waals surface area contributed by atoms with Crippen molar-refractivity contribution >= 4 is 75.9 Å². The molecule has 62 heavy (non-hydrogen) atoms. The molecule has 3 aromatic heterocycles. The van der Waals surface area contributed by atoms with E-state index < -0.39 is 0 Å². The molecular formula is C57H35N5. The maximum Gasteiger partial charge on any atom is 0.164 e. The molecule has 0 spiro atoms. The number of para-hydroxylation sites is 1. The van der Waals surface area contributed by atoms with Crippen LogP contribution in [0.3, 0.4) is 0 Å². The number of aromatic nitrogens is 5. The standard InChI is InChI=1S/C57H35N5/c1-3-17-38(18-4-1)55-58-56(39-19-5-2-6-20-39)60-57(59-55)50-33-43(32-41-22-10-11-23-44(41)50)61-51-26-14-13-25-46(51)48-34-49-47-30-28-37-16-9-12-24-45(37)54(47)62(53(49)35-52(48)61)42-29-27-36-15-7-8-21-40(36)31-42/h1-35H. The van der Waals surface area contributed by atoms with E-state index >= 15 is 0 Å². The summed E-state index contributed by atoms with van der Waals surface area (Å²) >= 11 is 0. The first kappa shape index (κ1) is 34.5. The van der Waals surface area contributed by atoms with E-state index in [1.807, 2.05) is 36.4 Å². The normalized spacial score (nSPS) is 11.9. The quantitative estimate of drug-likeness (QED) is 0.174. The summed E-state index contributed by atoms with van der Waals surface area (Å²) in [5.74, 6) is 1.90. The molecule has 0 aliphatic carbocycles. The van der Waals surface area contributed by atoms with Gasteiger partial charge in [0.15, 0.2) is 17.5 Å². The summed E-state index contributed by atoms with van der Waals surface area (Å²) in [4.78, 5) is 15.5. The third-order valence-corrected chi connectivity index (χ3v) is 12.5. The Morgan fingerprint density at radius 3 is 1.58 bits per heavy atom. The third-order valence-electron chi connectivity index (χ3n) is 12.5. The maximum atomic E-state index is 5.22. The summed E-state index contributed by atoms with van der Waals surface area (Å²) in [7, 11) is 0. The van der Waals surface area contributed by atoms with Crippen LogP contribution in [0, 0.1) is 0 Å². The zero-order valence-corrected chi connectivity index (χ0v) is 33.4. The summed E-state index contributed by atoms with van der Waals surface area (Å²) < 4.78 is 4.91. The molecule has 13 rings (SSSR count). The van der Waals surface area contributed by atoms with Gasteiger partial charge in [-0.1, -0.05) is 170 Å². The molecule has 0 aliphatic heterocycles. The lowest BCUT2D eigenvalue weighted by molar-refractivity contribution is 1.07. The van der Waals surface area contributed by atoms with Gasteiger partial charge in [-0.15, -0.1) is 0 Å². The SMILES string of the molecule is c1ccc(-c2nc(-c3ccccc3)nc(-c3cc(-n4c5ccccc5c5cc6c7ccc8ccccc8c7n(-c7ccc8ccccc8c7)c6cc54)cc4ccccc34)n2)cc1. The minimum Gasteiger partial charge on any atom is -0.309 e. The largest absolute Gasteiger partial charge is 0.309 e. The first-order valence-electron chi connectivity index (χ1n) is 21.0. The molecular weight excluding hydrogens is 755 g/mol. The Hall–Kier alpha value is -8.41. The first-order valence-corrected chi connectivity index (χ1v) is 21.0. The Bertz CT molecular complexity index is 3860. The predicted molar refractivity (Wildman–Crippen MR) is 257 cm³/mol. The molecule has 0 unspecified atom stereocenters. The van der Waals surface area contributed by atoms with Gasteiger partial charge >= 0.3 is 0 Å². The summed E-state index contributed by atoms with van der Waals surface area (Å²) in [6, 6.07) is 75.9. The molecule has 0 amide bonds. The molecule has 0 saturated heterocycles. The lowest BCUT2D eigenvalue weighted by atomic mass is 10.0. The van der Waals surface area contributed by atoms with Crippen LogP contribution in [-0.2, 0) is 0 Å². The Labute approximate surface area is 356 Å². The second kappa shape index (κ2) is 13.6. The van der Waals surface area contributed by atoms with Gasteiger partial charge in [-0.3, -0.25) is 0 Å². The summed E-state index contributed by atoms with van der Waals surface area (Å²) in [6.45, 7) is 0. The van der Waals surface area contributed by atoms with Crippen molar-refractivity contribution in [3.8, 4) is 45.5 Å². The van der Waals surface area contributed by atoms with Crippen LogP contribution in [0.2, 0.25) is 0 Å². The van der Waals surface area contributed by atoms with Crippen LogP contribution in [0.4, 0.5) is 0 Å². The van der Waals surface area contributed by atoms with E-state index in [1.54, 1.807) is 0 Å². The zero-order valence-electron chi connectivity index (χ0n) is 33.4. The Kier molecular flexibility index (Phi) is 7.54. The number of nitrogens with zero attached hydrogens (tertiary/aromatic N) is 5. The fourth-order valence-corrected chi connectivity index (χ4v) is 9.64. The van der Waals surface area contributed by atoms with Gasteiger partial charge in [-0.25, -0.2) is 15.0 Å². The number of fused-ring (bicyclic) bond motifs is 10. The second-order valence-corrected chi connectivity index (χ2v) is 16.0. The van der Waals surface area contributed by atoms with E-state index in [2.05, 4.69) is 185 Å². The third kappa shape index (κ3) is 5.32. The molecule has 0 saturated carbocycles. The second-order valence-electron chi connectivity index (χ2n) is 16.0. The Morgan fingerprint density at radius 1 is 0.274 bits per heavy atom. The average molecular weight is 790 g/mol. The Balaban J connectivity index is 1.12. The average Bonchev–Trinajstić information content (AvgIpc) is 3.85. The van der Waals surface area contributed by atoms with Crippen molar-refractivity contribution in [3.63, 3.8) is 0 Å². The summed E-state index contributed by atoms with van der Waals surface area (Å²) in [5, 5.41) is 11.9. The Morgan fingerprint density at radius 2 is 0.823 bits per heavy atom. The molecule has 10 aromatic carbocycles. The smallest absolute Gasteiger partial charge is 0.164 e. The molecule has 3 heterocycles. The van der Waals surface area contributed by atoms with Crippen LogP contribution < -0.4 is 0 Å². The molecule has 0 fully saturated rings. The highest BCUT2D eigenvalue weighted by Gasteiger charge is 2.22. The molecule has 5 heteroatoms. The summed E-state index contributed by atoms with van der Waals surface area (Å²) in [6.07, 6.45) is 0. The zero-order chi connectivity index (χ0) is 40.7. The van der Waals surface area contributed by atoms with E-state index in [1.165, 1.54) is 48.6 Å². The highest BCUT2D eigenvalue weighted by atomic mass is 15.0. The van der Waals surface area contributed by atoms with Crippen molar-refractivity contribution in [2.75, 3.05) is 0 Å². The van der Waals surface area contributed by atoms with E-state index in [0.29, 0.717) is 17.5 Å². The monoisotopic (exact) mass is 789 g/mol. The lowest BCUT2D eigenvalue weighted by Gasteiger charge is -2.15. The van der Waals surface area contributed by atoms with Crippen molar-refractivity contribution in [2.45, 2.75) is 0 Å². The number of benzene rings is 10. The van der Waals surface area contributed by atoms with E-state index in [-0.39, 0.29) is 0 Å². The van der Waals surface area contributed by atoms with Crippen molar-refractivity contribution in [1.29, 1.82) is 0 Å². The van der Waals surface area contributed by atoms with Crippen molar-refractivity contribution in [2.24, 2.45) is 0 Å². The highest BCUT2D eigenvalue weighted by Crippen LogP contribution is 2.43. The van der Waals surface area contributed by atoms with E-state index in [9.17, 15) is 0 Å². The number of hydrogen-bond donors (Lipinski definition) is 0. The predicted octanol–water partition coefficient (Wildman–Crippen LogP) is 14.5. The van der Waals surface area contributed by atoms with Crippen molar-refractivity contribution in [1.82, 2.24) is 24.1 Å². The van der Waals surface area contributed by atoms with Crippen LogP contribution in [0.25, 0.3) is 121 Å². The minimum atomic E-state index is 0.627. The van der Waals surface area contributed by atoms with E-state index in [4.69, 9.17) is 15.0 Å². The molecule has 5 nitrogen and oxygen atoms in total. The van der Waals surface area contributed by atoms with Crippen LogP contribution in [-0.4, -0.2) is 24.1 Å². The fourth-order valence-electron chi connectivity index (χ4n) is 9.64. The topological polar surface area (TPSA) is 48.5 Å². The van der Waals surface area contributed by atoms with Gasteiger partial charge in [0.2, 0.25) is 0 Å². The molecule has 0 aliphatic rings. The van der Waals surface area contributed by atoms with Crippen molar-refractivity contribution in [3.05, 3.63) is 212 Å². The highest BCUT2D eigenvalue weighted by molar-refractivity contribution is 6.23. The van der Waals surface area contributed by atoms with E-state index in [0.717, 1.165) is 55.4 Å². The molecule has 0 radical (unpaired) electrons. The number of rotatable bonds is 5. The number of hydrogen-bond acceptors (Lipinski definition) is 3. The van der Waals surface area contributed by atoms with Crippen LogP contribution in [0.1, 0.15) is 0 Å². The van der Waals surface area contributed by atoms with Crippen LogP contribution in [0.5, 0.6) is 0 Å². The molecule has 288 valence electrons. The van der Waals surface area contributed by atoms with Gasteiger partial charge in [0, 0.05) is 55.0 Å². The van der Waals surface area contributed by atoms with Crippen molar-refractivity contribution < 1.29 is 0 Å². The molecule has 0 atom stereocenters. The molecule has 13 aromatic rings.